The Morgan fingerprint density at radius 1 is 1.45 bits per heavy atom. The standard InChI is InChI=1S/C10H13ClN8O/c1-3-18(4-7(20)12-2)9-15-8(11)16-10(17-9)19-6-13-5-14-19/h5-6H,3-4H2,1-2H3,(H,12,20). The number of carbonyl (C=O) groups is 1. The molecule has 0 unspecified atom stereocenters. The second-order valence-electron chi connectivity index (χ2n) is 3.73. The number of halogens is 1. The maximum absolute atomic E-state index is 11.5. The van der Waals surface area contributed by atoms with E-state index in [0.29, 0.717) is 12.5 Å². The van der Waals surface area contributed by atoms with Gasteiger partial charge in [-0.3, -0.25) is 4.79 Å². The minimum absolute atomic E-state index is 0.0239. The third kappa shape index (κ3) is 3.18. The summed E-state index contributed by atoms with van der Waals surface area (Å²) in [5.74, 6) is 0.403. The van der Waals surface area contributed by atoms with E-state index in [1.54, 1.807) is 11.9 Å². The fourth-order valence-electron chi connectivity index (χ4n) is 1.46. The number of carbonyl (C=O) groups excluding carboxylic acids is 1. The van der Waals surface area contributed by atoms with Crippen LogP contribution < -0.4 is 10.2 Å². The van der Waals surface area contributed by atoms with E-state index in [9.17, 15) is 4.79 Å². The molecule has 1 N–H and O–H groups in total. The van der Waals surface area contributed by atoms with Crippen molar-refractivity contribution in [2.24, 2.45) is 0 Å². The van der Waals surface area contributed by atoms with Gasteiger partial charge in [0.15, 0.2) is 0 Å². The van der Waals surface area contributed by atoms with Crippen molar-refractivity contribution < 1.29 is 4.79 Å². The Kier molecular flexibility index (Phi) is 4.41. The largest absolute Gasteiger partial charge is 0.358 e. The highest BCUT2D eigenvalue weighted by molar-refractivity contribution is 6.28. The molecule has 0 aliphatic heterocycles. The first-order valence-electron chi connectivity index (χ1n) is 5.86. The number of likely N-dealkylation sites (N-methyl/N-ethyl adjacent to an activating group) is 2. The normalized spacial score (nSPS) is 10.3. The van der Waals surface area contributed by atoms with Crippen molar-refractivity contribution in [3.63, 3.8) is 0 Å². The fraction of sp³-hybridized carbons (Fsp3) is 0.400. The highest BCUT2D eigenvalue weighted by Crippen LogP contribution is 2.12. The lowest BCUT2D eigenvalue weighted by Gasteiger charge is -2.19. The number of amides is 1. The van der Waals surface area contributed by atoms with Crippen molar-refractivity contribution in [2.45, 2.75) is 6.92 Å². The summed E-state index contributed by atoms with van der Waals surface area (Å²) in [5, 5.41) is 6.50. The Bertz CT molecular complexity index is 587. The van der Waals surface area contributed by atoms with Gasteiger partial charge in [0.2, 0.25) is 17.1 Å². The van der Waals surface area contributed by atoms with Gasteiger partial charge in [-0.1, -0.05) is 0 Å². The molecule has 9 nitrogen and oxygen atoms in total. The third-order valence-electron chi connectivity index (χ3n) is 2.49. The van der Waals surface area contributed by atoms with Crippen molar-refractivity contribution in [3.8, 4) is 5.95 Å². The quantitative estimate of drug-likeness (QED) is 0.806. The molecule has 0 saturated carbocycles. The zero-order chi connectivity index (χ0) is 14.5. The van der Waals surface area contributed by atoms with Crippen LogP contribution in [0.1, 0.15) is 6.92 Å². The van der Waals surface area contributed by atoms with Gasteiger partial charge in [-0.2, -0.15) is 24.7 Å². The van der Waals surface area contributed by atoms with E-state index < -0.39 is 0 Å². The SMILES string of the molecule is CCN(CC(=O)NC)c1nc(Cl)nc(-n2cncn2)n1. The zero-order valence-corrected chi connectivity index (χ0v) is 11.7. The van der Waals surface area contributed by atoms with Gasteiger partial charge in [-0.05, 0) is 18.5 Å². The molecule has 0 bridgehead atoms. The topological polar surface area (TPSA) is 102 Å². The summed E-state index contributed by atoms with van der Waals surface area (Å²) in [4.78, 5) is 29.2. The van der Waals surface area contributed by atoms with E-state index in [0.717, 1.165) is 0 Å². The second-order valence-corrected chi connectivity index (χ2v) is 4.07. The molecule has 0 spiro atoms. The summed E-state index contributed by atoms with van der Waals surface area (Å²) >= 11 is 5.89. The Balaban J connectivity index is 2.33. The minimum Gasteiger partial charge on any atom is -0.358 e. The molecule has 2 aromatic rings. The van der Waals surface area contributed by atoms with Gasteiger partial charge in [0.1, 0.15) is 12.7 Å². The number of nitrogens with one attached hydrogen (secondary N) is 1. The van der Waals surface area contributed by atoms with Crippen LogP contribution >= 0.6 is 11.6 Å². The average Bonchev–Trinajstić information content (AvgIpc) is 2.97. The summed E-state index contributed by atoms with van der Waals surface area (Å²) < 4.78 is 1.37. The Morgan fingerprint density at radius 2 is 2.25 bits per heavy atom. The molecular formula is C10H13ClN8O. The number of nitrogens with zero attached hydrogens (tertiary/aromatic N) is 7. The summed E-state index contributed by atoms with van der Waals surface area (Å²) in [5.41, 5.74) is 0. The highest BCUT2D eigenvalue weighted by atomic mass is 35.5. The average molecular weight is 297 g/mol. The minimum atomic E-state index is -0.148. The van der Waals surface area contributed by atoms with Crippen molar-refractivity contribution in [2.75, 3.05) is 25.0 Å². The van der Waals surface area contributed by atoms with Crippen LogP contribution in [0.15, 0.2) is 12.7 Å². The zero-order valence-electron chi connectivity index (χ0n) is 11.0. The molecule has 2 heterocycles. The summed E-state index contributed by atoms with van der Waals surface area (Å²) in [7, 11) is 1.57. The second kappa shape index (κ2) is 6.24. The van der Waals surface area contributed by atoms with Gasteiger partial charge in [-0.25, -0.2) is 4.98 Å². The van der Waals surface area contributed by atoms with Gasteiger partial charge < -0.3 is 10.2 Å². The fourth-order valence-corrected chi connectivity index (χ4v) is 1.61. The lowest BCUT2D eigenvalue weighted by atomic mass is 10.5. The van der Waals surface area contributed by atoms with Crippen LogP contribution in [0.5, 0.6) is 0 Å². The van der Waals surface area contributed by atoms with E-state index in [-0.39, 0.29) is 23.7 Å². The maximum Gasteiger partial charge on any atom is 0.258 e. The van der Waals surface area contributed by atoms with Crippen LogP contribution in [0, 0.1) is 0 Å². The lowest BCUT2D eigenvalue weighted by molar-refractivity contribution is -0.119. The molecule has 0 radical (unpaired) electrons. The summed E-state index contributed by atoms with van der Waals surface area (Å²) in [6.45, 7) is 2.56. The first-order chi connectivity index (χ1) is 9.63. The van der Waals surface area contributed by atoms with E-state index >= 15 is 0 Å². The molecule has 1 amide bonds. The molecule has 0 aliphatic carbocycles. The van der Waals surface area contributed by atoms with Gasteiger partial charge in [0.25, 0.3) is 5.95 Å². The highest BCUT2D eigenvalue weighted by Gasteiger charge is 2.15. The van der Waals surface area contributed by atoms with E-state index in [1.807, 2.05) is 6.92 Å². The van der Waals surface area contributed by atoms with Gasteiger partial charge in [0, 0.05) is 13.6 Å². The molecule has 10 heteroatoms. The number of aromatic nitrogens is 6. The van der Waals surface area contributed by atoms with Crippen molar-refractivity contribution >= 4 is 23.5 Å². The van der Waals surface area contributed by atoms with Crippen molar-refractivity contribution in [1.29, 1.82) is 0 Å². The molecule has 106 valence electrons. The van der Waals surface area contributed by atoms with Gasteiger partial charge in [-0.15, -0.1) is 0 Å². The summed E-state index contributed by atoms with van der Waals surface area (Å²) in [6, 6.07) is 0. The number of hydrogen-bond acceptors (Lipinski definition) is 7. The van der Waals surface area contributed by atoms with E-state index in [2.05, 4.69) is 30.4 Å². The van der Waals surface area contributed by atoms with E-state index in [1.165, 1.54) is 17.3 Å². The van der Waals surface area contributed by atoms with Gasteiger partial charge >= 0.3 is 0 Å². The first kappa shape index (κ1) is 14.1. The van der Waals surface area contributed by atoms with Crippen LogP contribution in [-0.2, 0) is 4.79 Å². The van der Waals surface area contributed by atoms with Gasteiger partial charge in [0.05, 0.1) is 6.54 Å². The van der Waals surface area contributed by atoms with Crippen LogP contribution in [0.4, 0.5) is 5.95 Å². The van der Waals surface area contributed by atoms with Crippen LogP contribution in [-0.4, -0.2) is 55.8 Å². The molecule has 0 aromatic carbocycles. The van der Waals surface area contributed by atoms with E-state index in [4.69, 9.17) is 11.6 Å². The molecule has 20 heavy (non-hydrogen) atoms. The molecule has 0 fully saturated rings. The number of rotatable bonds is 5. The molecule has 0 atom stereocenters. The predicted octanol–water partition coefficient (Wildman–Crippen LogP) is -0.322. The third-order valence-corrected chi connectivity index (χ3v) is 2.66. The predicted molar refractivity (Wildman–Crippen MR) is 71.7 cm³/mol. The molecule has 0 saturated heterocycles. The first-order valence-corrected chi connectivity index (χ1v) is 6.24. The molecule has 2 aromatic heterocycles. The molecular weight excluding hydrogens is 284 g/mol. The van der Waals surface area contributed by atoms with Crippen molar-refractivity contribution in [1.82, 2.24) is 35.0 Å². The number of anilines is 1. The van der Waals surface area contributed by atoms with Crippen LogP contribution in [0.25, 0.3) is 5.95 Å². The Morgan fingerprint density at radius 3 is 2.85 bits per heavy atom. The smallest absolute Gasteiger partial charge is 0.258 e. The lowest BCUT2D eigenvalue weighted by Crippen LogP contribution is -2.36. The van der Waals surface area contributed by atoms with Crippen LogP contribution in [0.2, 0.25) is 5.28 Å². The molecule has 0 aliphatic rings. The van der Waals surface area contributed by atoms with Crippen LogP contribution in [0.3, 0.4) is 0 Å². The monoisotopic (exact) mass is 296 g/mol. The maximum atomic E-state index is 11.5. The van der Waals surface area contributed by atoms with Crippen molar-refractivity contribution in [3.05, 3.63) is 17.9 Å². The molecule has 2 rings (SSSR count). The summed E-state index contributed by atoms with van der Waals surface area (Å²) in [6.07, 6.45) is 2.81. The Hall–Kier alpha value is -2.29. The Labute approximate surface area is 120 Å². The number of hydrogen-bond donors (Lipinski definition) is 1.